The number of hydrogen-bond donors (Lipinski definition) is 1. The minimum absolute atomic E-state index is 0.436. The molecule has 1 heterocycles. The van der Waals surface area contributed by atoms with Crippen LogP contribution in [0.5, 0.6) is 11.5 Å². The van der Waals surface area contributed by atoms with Crippen molar-refractivity contribution in [3.05, 3.63) is 23.8 Å². The molecule has 1 fully saturated rings. The van der Waals surface area contributed by atoms with E-state index in [9.17, 15) is 0 Å². The molecule has 1 aromatic rings. The van der Waals surface area contributed by atoms with Gasteiger partial charge >= 0.3 is 0 Å². The second kappa shape index (κ2) is 5.59. The fourth-order valence-corrected chi connectivity index (χ4v) is 2.56. The zero-order valence-electron chi connectivity index (χ0n) is 11.1. The van der Waals surface area contributed by atoms with Crippen LogP contribution in [0.1, 0.15) is 24.8 Å². The molecule has 4 nitrogen and oxygen atoms in total. The minimum atomic E-state index is -0.436. The van der Waals surface area contributed by atoms with Crippen molar-refractivity contribution < 1.29 is 14.2 Å². The van der Waals surface area contributed by atoms with E-state index in [1.807, 2.05) is 18.2 Å². The molecule has 2 N–H and O–H groups in total. The van der Waals surface area contributed by atoms with Crippen molar-refractivity contribution in [2.24, 2.45) is 5.73 Å². The van der Waals surface area contributed by atoms with Gasteiger partial charge in [-0.2, -0.15) is 0 Å². The Hall–Kier alpha value is -1.26. The molecule has 100 valence electrons. The van der Waals surface area contributed by atoms with Crippen LogP contribution in [0.3, 0.4) is 0 Å². The third-order valence-corrected chi connectivity index (χ3v) is 3.53. The van der Waals surface area contributed by atoms with Crippen LogP contribution in [0.15, 0.2) is 18.2 Å². The fourth-order valence-electron chi connectivity index (χ4n) is 2.56. The third-order valence-electron chi connectivity index (χ3n) is 3.53. The summed E-state index contributed by atoms with van der Waals surface area (Å²) in [5.74, 6) is 1.58. The Balaban J connectivity index is 2.46. The van der Waals surface area contributed by atoms with Crippen LogP contribution >= 0.6 is 0 Å². The Morgan fingerprint density at radius 2 is 1.78 bits per heavy atom. The van der Waals surface area contributed by atoms with Gasteiger partial charge in [-0.15, -0.1) is 0 Å². The van der Waals surface area contributed by atoms with Gasteiger partial charge in [0.25, 0.3) is 0 Å². The molecule has 0 aliphatic carbocycles. The summed E-state index contributed by atoms with van der Waals surface area (Å²) in [6.07, 6.45) is 2.62. The lowest BCUT2D eigenvalue weighted by Crippen LogP contribution is -2.37. The average molecular weight is 251 g/mol. The van der Waals surface area contributed by atoms with Crippen molar-refractivity contribution in [3.8, 4) is 11.5 Å². The number of ether oxygens (including phenoxy) is 3. The van der Waals surface area contributed by atoms with Crippen LogP contribution in [0.2, 0.25) is 0 Å². The Morgan fingerprint density at radius 3 is 2.39 bits per heavy atom. The van der Waals surface area contributed by atoms with Crippen LogP contribution in [-0.4, -0.2) is 27.4 Å². The molecule has 0 saturated carbocycles. The van der Waals surface area contributed by atoms with Crippen molar-refractivity contribution in [2.75, 3.05) is 27.4 Å². The lowest BCUT2D eigenvalue weighted by atomic mass is 9.83. The van der Waals surface area contributed by atoms with Crippen molar-refractivity contribution in [1.82, 2.24) is 0 Å². The van der Waals surface area contributed by atoms with E-state index in [1.54, 1.807) is 14.2 Å². The number of hydrogen-bond acceptors (Lipinski definition) is 4. The highest BCUT2D eigenvalue weighted by Crippen LogP contribution is 2.41. The summed E-state index contributed by atoms with van der Waals surface area (Å²) in [5.41, 5.74) is 7.12. The summed E-state index contributed by atoms with van der Waals surface area (Å²) in [7, 11) is 3.32. The summed E-state index contributed by atoms with van der Waals surface area (Å²) >= 11 is 0. The van der Waals surface area contributed by atoms with E-state index in [0.717, 1.165) is 42.9 Å². The molecular weight excluding hydrogens is 230 g/mol. The number of methoxy groups -OCH3 is 2. The molecule has 1 atom stereocenters. The highest BCUT2D eigenvalue weighted by molar-refractivity contribution is 5.49. The van der Waals surface area contributed by atoms with Gasteiger partial charge < -0.3 is 19.9 Å². The van der Waals surface area contributed by atoms with Gasteiger partial charge in [0, 0.05) is 13.2 Å². The summed E-state index contributed by atoms with van der Waals surface area (Å²) < 4.78 is 16.4. The van der Waals surface area contributed by atoms with E-state index in [4.69, 9.17) is 19.9 Å². The van der Waals surface area contributed by atoms with Gasteiger partial charge in [0.1, 0.15) is 11.5 Å². The molecule has 1 aromatic carbocycles. The van der Waals surface area contributed by atoms with E-state index in [-0.39, 0.29) is 0 Å². The van der Waals surface area contributed by atoms with Crippen molar-refractivity contribution >= 4 is 0 Å². The predicted molar refractivity (Wildman–Crippen MR) is 70.1 cm³/mol. The summed E-state index contributed by atoms with van der Waals surface area (Å²) in [4.78, 5) is 0. The average Bonchev–Trinajstić information content (AvgIpc) is 2.63. The second-order valence-electron chi connectivity index (χ2n) is 4.66. The van der Waals surface area contributed by atoms with Crippen LogP contribution in [-0.2, 0) is 10.3 Å². The highest BCUT2D eigenvalue weighted by Gasteiger charge is 2.34. The maximum atomic E-state index is 6.59. The summed E-state index contributed by atoms with van der Waals surface area (Å²) in [6.45, 7) is 1.45. The van der Waals surface area contributed by atoms with Crippen molar-refractivity contribution in [2.45, 2.75) is 24.8 Å². The maximum absolute atomic E-state index is 6.59. The van der Waals surface area contributed by atoms with Gasteiger partial charge in [0.2, 0.25) is 0 Å². The van der Waals surface area contributed by atoms with Crippen LogP contribution in [0.4, 0.5) is 0 Å². The normalized spacial score (nSPS) is 24.4. The lowest BCUT2D eigenvalue weighted by Gasteiger charge is -2.31. The molecule has 0 spiro atoms. The van der Waals surface area contributed by atoms with Crippen LogP contribution in [0, 0.1) is 0 Å². The highest BCUT2D eigenvalue weighted by atomic mass is 16.5. The SMILES string of the molecule is COc1cccc(OC)c1C1(N)CCCOCC1. The smallest absolute Gasteiger partial charge is 0.127 e. The van der Waals surface area contributed by atoms with Gasteiger partial charge in [-0.05, 0) is 31.4 Å². The van der Waals surface area contributed by atoms with E-state index in [1.165, 1.54) is 0 Å². The van der Waals surface area contributed by atoms with E-state index in [2.05, 4.69) is 0 Å². The molecule has 4 heteroatoms. The molecule has 1 aliphatic heterocycles. The number of nitrogens with two attached hydrogens (primary N) is 1. The first kappa shape index (κ1) is 13.2. The molecule has 0 radical (unpaired) electrons. The zero-order valence-corrected chi connectivity index (χ0v) is 11.1. The van der Waals surface area contributed by atoms with Crippen LogP contribution in [0.25, 0.3) is 0 Å². The van der Waals surface area contributed by atoms with E-state index in [0.29, 0.717) is 6.61 Å². The van der Waals surface area contributed by atoms with Gasteiger partial charge in [0.05, 0.1) is 25.3 Å². The Bertz CT molecular complexity index is 376. The zero-order chi connectivity index (χ0) is 13.0. The van der Waals surface area contributed by atoms with Crippen molar-refractivity contribution in [1.29, 1.82) is 0 Å². The largest absolute Gasteiger partial charge is 0.496 e. The van der Waals surface area contributed by atoms with Gasteiger partial charge in [-0.1, -0.05) is 6.07 Å². The number of rotatable bonds is 3. The molecule has 2 rings (SSSR count). The first-order valence-electron chi connectivity index (χ1n) is 6.29. The molecular formula is C14H21NO3. The Kier molecular flexibility index (Phi) is 4.09. The molecule has 1 aliphatic rings. The fraction of sp³-hybridized carbons (Fsp3) is 0.571. The molecule has 0 bridgehead atoms. The first-order valence-corrected chi connectivity index (χ1v) is 6.29. The quantitative estimate of drug-likeness (QED) is 0.893. The lowest BCUT2D eigenvalue weighted by molar-refractivity contribution is 0.139. The first-order chi connectivity index (χ1) is 8.71. The van der Waals surface area contributed by atoms with Gasteiger partial charge in [-0.25, -0.2) is 0 Å². The monoisotopic (exact) mass is 251 g/mol. The number of benzene rings is 1. The standard InChI is InChI=1S/C14H21NO3/c1-16-11-5-3-6-12(17-2)13(11)14(15)7-4-9-18-10-8-14/h3,5-6H,4,7-10,15H2,1-2H3. The van der Waals surface area contributed by atoms with Crippen molar-refractivity contribution in [3.63, 3.8) is 0 Å². The molecule has 18 heavy (non-hydrogen) atoms. The molecule has 0 amide bonds. The van der Waals surface area contributed by atoms with E-state index < -0.39 is 5.54 Å². The predicted octanol–water partition coefficient (Wildman–Crippen LogP) is 2.06. The summed E-state index contributed by atoms with van der Waals surface area (Å²) in [6, 6.07) is 5.77. The molecule has 1 unspecified atom stereocenters. The Labute approximate surface area is 108 Å². The van der Waals surface area contributed by atoms with Gasteiger partial charge in [-0.3, -0.25) is 0 Å². The summed E-state index contributed by atoms with van der Waals surface area (Å²) in [5, 5.41) is 0. The molecule has 1 saturated heterocycles. The third kappa shape index (κ3) is 2.44. The maximum Gasteiger partial charge on any atom is 0.127 e. The minimum Gasteiger partial charge on any atom is -0.496 e. The van der Waals surface area contributed by atoms with Crippen LogP contribution < -0.4 is 15.2 Å². The topological polar surface area (TPSA) is 53.7 Å². The van der Waals surface area contributed by atoms with E-state index >= 15 is 0 Å². The molecule has 0 aromatic heterocycles. The second-order valence-corrected chi connectivity index (χ2v) is 4.66. The Morgan fingerprint density at radius 1 is 1.11 bits per heavy atom. The van der Waals surface area contributed by atoms with Gasteiger partial charge in [0.15, 0.2) is 0 Å².